The molecule has 1 unspecified atom stereocenters. The number of aliphatic hydroxyl groups excluding tert-OH is 1. The first-order chi connectivity index (χ1) is 12.8. The zero-order valence-electron chi connectivity index (χ0n) is 17.2. The number of fused-ring (bicyclic) bond motifs is 2. The third-order valence-electron chi connectivity index (χ3n) is 6.22. The average Bonchev–Trinajstić information content (AvgIpc) is 3.22. The van der Waals surface area contributed by atoms with E-state index in [4.69, 9.17) is 14.6 Å². The Labute approximate surface area is 164 Å². The Balaban J connectivity index is 1.82. The number of hydrogen-bond donors (Lipinski definition) is 2. The van der Waals surface area contributed by atoms with Gasteiger partial charge in [-0.3, -0.25) is 4.79 Å². The summed E-state index contributed by atoms with van der Waals surface area (Å²) in [5.41, 5.74) is -0.110. The predicted octanol–water partition coefficient (Wildman–Crippen LogP) is 4.19. The molecule has 0 aromatic rings. The van der Waals surface area contributed by atoms with E-state index in [0.29, 0.717) is 31.5 Å². The lowest BCUT2D eigenvalue weighted by Crippen LogP contribution is -2.31. The first-order valence-corrected chi connectivity index (χ1v) is 10.7. The molecule has 2 rings (SSSR count). The fraction of sp³-hybridized carbons (Fsp3) is 0.864. The second kappa shape index (κ2) is 10.6. The van der Waals surface area contributed by atoms with E-state index in [1.807, 2.05) is 6.08 Å². The summed E-state index contributed by atoms with van der Waals surface area (Å²) in [5, 5.41) is 19.3. The number of carboxylic acids is 1. The van der Waals surface area contributed by atoms with Gasteiger partial charge in [0, 0.05) is 24.9 Å². The predicted molar refractivity (Wildman–Crippen MR) is 106 cm³/mol. The summed E-state index contributed by atoms with van der Waals surface area (Å²) < 4.78 is 11.9. The van der Waals surface area contributed by atoms with Crippen LogP contribution in [0.25, 0.3) is 0 Å². The Bertz CT molecular complexity index is 487. The topological polar surface area (TPSA) is 76.0 Å². The molecule has 0 aromatic carbocycles. The minimum Gasteiger partial charge on any atom is -0.481 e. The smallest absolute Gasteiger partial charge is 0.303 e. The van der Waals surface area contributed by atoms with Crippen LogP contribution >= 0.6 is 0 Å². The van der Waals surface area contributed by atoms with Crippen molar-refractivity contribution in [1.29, 1.82) is 0 Å². The monoisotopic (exact) mass is 382 g/mol. The third-order valence-corrected chi connectivity index (χ3v) is 6.22. The van der Waals surface area contributed by atoms with Gasteiger partial charge in [0.2, 0.25) is 0 Å². The molecule has 0 aliphatic carbocycles. The molecular weight excluding hydrogens is 344 g/mol. The van der Waals surface area contributed by atoms with E-state index in [1.54, 1.807) is 0 Å². The van der Waals surface area contributed by atoms with Crippen LogP contribution in [0.3, 0.4) is 0 Å². The highest BCUT2D eigenvalue weighted by Crippen LogP contribution is 2.44. The van der Waals surface area contributed by atoms with Crippen molar-refractivity contribution in [2.45, 2.75) is 90.4 Å². The Morgan fingerprint density at radius 2 is 2.00 bits per heavy atom. The van der Waals surface area contributed by atoms with Crippen LogP contribution in [0.1, 0.15) is 72.1 Å². The van der Waals surface area contributed by atoms with E-state index >= 15 is 0 Å². The molecule has 0 saturated carbocycles. The van der Waals surface area contributed by atoms with Crippen molar-refractivity contribution in [2.75, 3.05) is 13.2 Å². The molecule has 27 heavy (non-hydrogen) atoms. The molecule has 0 spiro atoms. The van der Waals surface area contributed by atoms with E-state index in [1.165, 1.54) is 0 Å². The lowest BCUT2D eigenvalue weighted by Gasteiger charge is -2.30. The number of hydrogen-bond acceptors (Lipinski definition) is 4. The molecule has 2 saturated heterocycles. The minimum absolute atomic E-state index is 0.110. The van der Waals surface area contributed by atoms with Gasteiger partial charge in [0.05, 0.1) is 24.9 Å². The molecule has 0 aromatic heterocycles. The lowest BCUT2D eigenvalue weighted by molar-refractivity contribution is -0.137. The second-order valence-electron chi connectivity index (χ2n) is 8.88. The van der Waals surface area contributed by atoms with Crippen molar-refractivity contribution in [3.63, 3.8) is 0 Å². The van der Waals surface area contributed by atoms with Crippen molar-refractivity contribution >= 4 is 5.97 Å². The van der Waals surface area contributed by atoms with Gasteiger partial charge in [-0.05, 0) is 37.5 Å². The van der Waals surface area contributed by atoms with E-state index in [0.717, 1.165) is 38.5 Å². The molecule has 2 heterocycles. The van der Waals surface area contributed by atoms with Crippen LogP contribution in [-0.2, 0) is 14.3 Å². The summed E-state index contributed by atoms with van der Waals surface area (Å²) in [4.78, 5) is 10.5. The van der Waals surface area contributed by atoms with Gasteiger partial charge in [-0.15, -0.1) is 0 Å². The molecule has 5 heteroatoms. The van der Waals surface area contributed by atoms with Crippen molar-refractivity contribution in [3.8, 4) is 0 Å². The molecule has 2 bridgehead atoms. The highest BCUT2D eigenvalue weighted by Gasteiger charge is 2.47. The summed E-state index contributed by atoms with van der Waals surface area (Å²) in [6.45, 7) is 7.69. The van der Waals surface area contributed by atoms with E-state index in [9.17, 15) is 9.90 Å². The number of carbonyl (C=O) groups is 1. The van der Waals surface area contributed by atoms with Crippen LogP contribution in [0.2, 0.25) is 0 Å². The van der Waals surface area contributed by atoms with Gasteiger partial charge in [-0.25, -0.2) is 0 Å². The maximum atomic E-state index is 10.6. The van der Waals surface area contributed by atoms with Crippen LogP contribution in [0, 0.1) is 17.3 Å². The average molecular weight is 383 g/mol. The van der Waals surface area contributed by atoms with Gasteiger partial charge in [0.1, 0.15) is 0 Å². The number of ether oxygens (including phenoxy) is 2. The van der Waals surface area contributed by atoms with Gasteiger partial charge < -0.3 is 19.7 Å². The molecule has 0 amide bonds. The van der Waals surface area contributed by atoms with Crippen LogP contribution in [0.15, 0.2) is 12.2 Å². The van der Waals surface area contributed by atoms with E-state index in [-0.39, 0.29) is 24.0 Å². The van der Waals surface area contributed by atoms with Crippen LogP contribution in [-0.4, -0.2) is 47.7 Å². The minimum atomic E-state index is -0.748. The van der Waals surface area contributed by atoms with E-state index < -0.39 is 12.1 Å². The highest BCUT2D eigenvalue weighted by molar-refractivity contribution is 5.66. The first-order valence-electron chi connectivity index (χ1n) is 10.7. The van der Waals surface area contributed by atoms with Crippen molar-refractivity contribution < 1.29 is 24.5 Å². The van der Waals surface area contributed by atoms with Gasteiger partial charge in [0.15, 0.2) is 0 Å². The fourth-order valence-electron chi connectivity index (χ4n) is 4.27. The largest absolute Gasteiger partial charge is 0.481 e. The Hall–Kier alpha value is -0.910. The Morgan fingerprint density at radius 3 is 2.70 bits per heavy atom. The number of unbranched alkanes of at least 4 members (excludes halogenated alkanes) is 2. The molecule has 0 radical (unpaired) electrons. The zero-order chi connectivity index (χ0) is 19.9. The molecule has 5 atom stereocenters. The summed E-state index contributed by atoms with van der Waals surface area (Å²) in [6, 6.07) is 0. The van der Waals surface area contributed by atoms with Gasteiger partial charge in [-0.2, -0.15) is 0 Å². The second-order valence-corrected chi connectivity index (χ2v) is 8.88. The summed E-state index contributed by atoms with van der Waals surface area (Å²) in [6.07, 6.45) is 11.3. The zero-order valence-corrected chi connectivity index (χ0v) is 17.2. The molecule has 2 fully saturated rings. The maximum Gasteiger partial charge on any atom is 0.303 e. The van der Waals surface area contributed by atoms with Crippen molar-refractivity contribution in [2.24, 2.45) is 17.3 Å². The lowest BCUT2D eigenvalue weighted by atomic mass is 9.77. The van der Waals surface area contributed by atoms with E-state index in [2.05, 4.69) is 26.8 Å². The quantitative estimate of drug-likeness (QED) is 0.369. The van der Waals surface area contributed by atoms with Crippen LogP contribution in [0.5, 0.6) is 0 Å². The highest BCUT2D eigenvalue weighted by atomic mass is 16.5. The molecule has 2 N–H and O–H groups in total. The maximum absolute atomic E-state index is 10.6. The standard InChI is InChI=1S/C22H38O5/c1-4-5-13-22(2,3)20(23)12-9-16-17(19-11-10-18(16)27-19)15-26-14-7-6-8-21(24)25/h9,12,16-20,23H,4-8,10-11,13-15H2,1-3H3,(H,24,25)/b12-9+/t16-,17+,18-,19+,20?/m0/s1. The number of carboxylic acid groups (broad SMARTS) is 1. The Morgan fingerprint density at radius 1 is 1.26 bits per heavy atom. The summed E-state index contributed by atoms with van der Waals surface area (Å²) >= 11 is 0. The molecule has 2 aliphatic rings. The Kier molecular flexibility index (Phi) is 8.77. The normalized spacial score (nSPS) is 28.9. The summed E-state index contributed by atoms with van der Waals surface area (Å²) in [7, 11) is 0. The van der Waals surface area contributed by atoms with Gasteiger partial charge in [-0.1, -0.05) is 45.8 Å². The van der Waals surface area contributed by atoms with Gasteiger partial charge >= 0.3 is 5.97 Å². The number of aliphatic hydroxyl groups is 1. The molecule has 2 aliphatic heterocycles. The van der Waals surface area contributed by atoms with Crippen molar-refractivity contribution in [1.82, 2.24) is 0 Å². The van der Waals surface area contributed by atoms with Crippen molar-refractivity contribution in [3.05, 3.63) is 12.2 Å². The molecule has 5 nitrogen and oxygen atoms in total. The molecular formula is C22H38O5. The van der Waals surface area contributed by atoms with Crippen LogP contribution in [0.4, 0.5) is 0 Å². The third kappa shape index (κ3) is 6.58. The fourth-order valence-corrected chi connectivity index (χ4v) is 4.27. The number of rotatable bonds is 13. The molecule has 156 valence electrons. The van der Waals surface area contributed by atoms with Gasteiger partial charge in [0.25, 0.3) is 0 Å². The number of aliphatic carboxylic acids is 1. The summed E-state index contributed by atoms with van der Waals surface area (Å²) in [5.74, 6) is -0.105. The SMILES string of the molecule is CCCCC(C)(C)C(O)/C=C/[C@H]1[C@@H](COCCCCC(=O)O)[C@H]2CC[C@@H]1O2. The van der Waals surface area contributed by atoms with Crippen LogP contribution < -0.4 is 0 Å². The first kappa shape index (κ1) is 22.4.